The van der Waals surface area contributed by atoms with Gasteiger partial charge in [-0.05, 0) is 32.0 Å². The largest absolute Gasteiger partial charge is 0.379 e. The van der Waals surface area contributed by atoms with E-state index in [1.165, 1.54) is 4.31 Å². The molecule has 2 aliphatic heterocycles. The zero-order chi connectivity index (χ0) is 19.7. The van der Waals surface area contributed by atoms with Gasteiger partial charge in [0, 0.05) is 32.7 Å². The number of fused-ring (bicyclic) bond motifs is 1. The number of nitrogens with zero attached hydrogens (tertiary/aromatic N) is 4. The third-order valence-corrected chi connectivity index (χ3v) is 7.31. The van der Waals surface area contributed by atoms with Crippen molar-refractivity contribution in [1.82, 2.24) is 18.8 Å². The van der Waals surface area contributed by atoms with Crippen LogP contribution in [-0.2, 0) is 32.6 Å². The lowest BCUT2D eigenvalue weighted by molar-refractivity contribution is -0.0222. The molecule has 154 valence electrons. The van der Waals surface area contributed by atoms with Gasteiger partial charge in [0.15, 0.2) is 0 Å². The van der Waals surface area contributed by atoms with E-state index in [2.05, 4.69) is 23.3 Å². The van der Waals surface area contributed by atoms with Crippen molar-refractivity contribution in [2.24, 2.45) is 0 Å². The van der Waals surface area contributed by atoms with Crippen LogP contribution in [0.3, 0.4) is 0 Å². The molecule has 28 heavy (non-hydrogen) atoms. The second-order valence-corrected chi connectivity index (χ2v) is 9.29. The Hall–Kier alpha value is -1.52. The van der Waals surface area contributed by atoms with E-state index in [0.29, 0.717) is 31.2 Å². The van der Waals surface area contributed by atoms with E-state index < -0.39 is 10.0 Å². The fourth-order valence-electron chi connectivity index (χ4n) is 3.96. The van der Waals surface area contributed by atoms with Crippen molar-refractivity contribution in [1.29, 1.82) is 0 Å². The van der Waals surface area contributed by atoms with Crippen LogP contribution in [0.25, 0.3) is 11.0 Å². The molecular weight excluding hydrogens is 380 g/mol. The number of benzene rings is 1. The zero-order valence-electron chi connectivity index (χ0n) is 16.5. The van der Waals surface area contributed by atoms with Gasteiger partial charge in [0.05, 0.1) is 48.4 Å². The monoisotopic (exact) mass is 408 g/mol. The Morgan fingerprint density at radius 1 is 1.18 bits per heavy atom. The molecule has 2 saturated heterocycles. The lowest BCUT2D eigenvalue weighted by atomic mass is 10.3. The number of hydrogen-bond acceptors (Lipinski definition) is 6. The number of hydrogen-bond donors (Lipinski definition) is 0. The maximum absolute atomic E-state index is 13.0. The van der Waals surface area contributed by atoms with Gasteiger partial charge in [0.2, 0.25) is 10.0 Å². The Bertz CT molecular complexity index is 937. The molecule has 2 aliphatic rings. The minimum absolute atomic E-state index is 0.221. The summed E-state index contributed by atoms with van der Waals surface area (Å²) in [5.74, 6) is 0.965. The number of sulfonamides is 1. The van der Waals surface area contributed by atoms with Crippen molar-refractivity contribution in [3.63, 3.8) is 0 Å². The number of imidazole rings is 1. The van der Waals surface area contributed by atoms with Crippen molar-refractivity contribution in [2.75, 3.05) is 46.0 Å². The molecule has 2 fully saturated rings. The summed E-state index contributed by atoms with van der Waals surface area (Å²) in [5, 5.41) is 0. The summed E-state index contributed by atoms with van der Waals surface area (Å²) in [5.41, 5.74) is 1.70. The highest BCUT2D eigenvalue weighted by Crippen LogP contribution is 2.24. The SMILES string of the molecule is CCn1c(CN2CCO[C@H](C)C2)nc2cc(S(=O)(=O)N3CCOCC3)ccc21. The molecule has 0 N–H and O–H groups in total. The molecule has 9 heteroatoms. The van der Waals surface area contributed by atoms with Crippen LogP contribution in [-0.4, -0.2) is 79.3 Å². The fourth-order valence-corrected chi connectivity index (χ4v) is 5.39. The summed E-state index contributed by atoms with van der Waals surface area (Å²) >= 11 is 0. The second-order valence-electron chi connectivity index (χ2n) is 7.36. The Labute approximate surface area is 166 Å². The van der Waals surface area contributed by atoms with Crippen molar-refractivity contribution in [2.45, 2.75) is 37.9 Å². The quantitative estimate of drug-likeness (QED) is 0.742. The molecule has 8 nitrogen and oxygen atoms in total. The molecule has 2 aromatic rings. The van der Waals surface area contributed by atoms with Crippen LogP contribution in [0.4, 0.5) is 0 Å². The molecule has 1 aromatic heterocycles. The third-order valence-electron chi connectivity index (χ3n) is 5.41. The van der Waals surface area contributed by atoms with E-state index in [1.54, 1.807) is 12.1 Å². The first kappa shape index (κ1) is 19.8. The van der Waals surface area contributed by atoms with Gasteiger partial charge in [-0.2, -0.15) is 4.31 Å². The van der Waals surface area contributed by atoms with E-state index in [1.807, 2.05) is 6.07 Å². The molecule has 0 radical (unpaired) electrons. The first-order valence-corrected chi connectivity index (χ1v) is 11.3. The summed E-state index contributed by atoms with van der Waals surface area (Å²) in [6.07, 6.45) is 0.221. The van der Waals surface area contributed by atoms with E-state index in [4.69, 9.17) is 14.5 Å². The normalized spacial score (nSPS) is 22.7. The Morgan fingerprint density at radius 2 is 1.96 bits per heavy atom. The van der Waals surface area contributed by atoms with E-state index in [0.717, 1.165) is 49.6 Å². The van der Waals surface area contributed by atoms with Crippen molar-refractivity contribution in [3.8, 4) is 0 Å². The first-order chi connectivity index (χ1) is 13.5. The third kappa shape index (κ3) is 3.81. The van der Waals surface area contributed by atoms with Crippen LogP contribution >= 0.6 is 0 Å². The van der Waals surface area contributed by atoms with Gasteiger partial charge in [-0.1, -0.05) is 0 Å². The molecule has 0 bridgehead atoms. The van der Waals surface area contributed by atoms with Crippen LogP contribution in [0.15, 0.2) is 23.1 Å². The molecule has 0 amide bonds. The number of rotatable bonds is 5. The highest BCUT2D eigenvalue weighted by Gasteiger charge is 2.27. The molecule has 0 saturated carbocycles. The Kier molecular flexibility index (Phi) is 5.71. The van der Waals surface area contributed by atoms with Gasteiger partial charge in [-0.15, -0.1) is 0 Å². The smallest absolute Gasteiger partial charge is 0.243 e. The summed E-state index contributed by atoms with van der Waals surface area (Å²) in [6.45, 7) is 9.86. The van der Waals surface area contributed by atoms with Crippen LogP contribution in [0.1, 0.15) is 19.7 Å². The van der Waals surface area contributed by atoms with Crippen LogP contribution in [0.2, 0.25) is 0 Å². The molecule has 1 aromatic carbocycles. The molecule has 0 aliphatic carbocycles. The summed E-state index contributed by atoms with van der Waals surface area (Å²) in [7, 11) is -3.52. The highest BCUT2D eigenvalue weighted by molar-refractivity contribution is 7.89. The van der Waals surface area contributed by atoms with Crippen LogP contribution in [0.5, 0.6) is 0 Å². The molecular formula is C19H28N4O4S. The van der Waals surface area contributed by atoms with Gasteiger partial charge in [-0.3, -0.25) is 4.90 Å². The van der Waals surface area contributed by atoms with Gasteiger partial charge in [0.1, 0.15) is 5.82 Å². The predicted octanol–water partition coefficient (Wildman–Crippen LogP) is 1.30. The molecule has 0 spiro atoms. The molecule has 3 heterocycles. The van der Waals surface area contributed by atoms with Gasteiger partial charge < -0.3 is 14.0 Å². The number of aromatic nitrogens is 2. The average molecular weight is 409 g/mol. The van der Waals surface area contributed by atoms with Gasteiger partial charge >= 0.3 is 0 Å². The lowest BCUT2D eigenvalue weighted by Gasteiger charge is -2.30. The number of ether oxygens (including phenoxy) is 2. The molecule has 0 unspecified atom stereocenters. The topological polar surface area (TPSA) is 76.9 Å². The van der Waals surface area contributed by atoms with E-state index in [9.17, 15) is 8.42 Å². The summed E-state index contributed by atoms with van der Waals surface area (Å²) in [6, 6.07) is 5.28. The van der Waals surface area contributed by atoms with Crippen LogP contribution in [0, 0.1) is 0 Å². The number of morpholine rings is 2. The second kappa shape index (κ2) is 8.08. The average Bonchev–Trinajstić information content (AvgIpc) is 3.04. The first-order valence-electron chi connectivity index (χ1n) is 9.90. The lowest BCUT2D eigenvalue weighted by Crippen LogP contribution is -2.41. The molecule has 1 atom stereocenters. The minimum Gasteiger partial charge on any atom is -0.379 e. The van der Waals surface area contributed by atoms with Crippen molar-refractivity contribution in [3.05, 3.63) is 24.0 Å². The maximum Gasteiger partial charge on any atom is 0.243 e. The standard InChI is InChI=1S/C19H28N4O4S/c1-3-23-18-5-4-16(28(24,25)22-7-9-26-10-8-22)12-17(18)20-19(23)14-21-6-11-27-15(2)13-21/h4-5,12,15H,3,6-11,13-14H2,1-2H3/t15-/m1/s1. The maximum atomic E-state index is 13.0. The van der Waals surface area contributed by atoms with Crippen LogP contribution < -0.4 is 0 Å². The predicted molar refractivity (Wildman–Crippen MR) is 106 cm³/mol. The van der Waals surface area contributed by atoms with Crippen molar-refractivity contribution < 1.29 is 17.9 Å². The molecule has 4 rings (SSSR count). The van der Waals surface area contributed by atoms with E-state index in [-0.39, 0.29) is 6.10 Å². The summed E-state index contributed by atoms with van der Waals surface area (Å²) in [4.78, 5) is 7.44. The zero-order valence-corrected chi connectivity index (χ0v) is 17.3. The minimum atomic E-state index is -3.52. The van der Waals surface area contributed by atoms with Gasteiger partial charge in [-0.25, -0.2) is 13.4 Å². The van der Waals surface area contributed by atoms with Crippen molar-refractivity contribution >= 4 is 21.1 Å². The Balaban J connectivity index is 1.64. The Morgan fingerprint density at radius 3 is 2.68 bits per heavy atom. The van der Waals surface area contributed by atoms with E-state index >= 15 is 0 Å². The fraction of sp³-hybridized carbons (Fsp3) is 0.632. The highest BCUT2D eigenvalue weighted by atomic mass is 32.2. The van der Waals surface area contributed by atoms with Gasteiger partial charge in [0.25, 0.3) is 0 Å². The summed E-state index contributed by atoms with van der Waals surface area (Å²) < 4.78 is 40.5. The number of aryl methyl sites for hydroxylation is 1.